The first kappa shape index (κ1) is 14.6. The number of rotatable bonds is 2. The van der Waals surface area contributed by atoms with Crippen molar-refractivity contribution in [3.63, 3.8) is 0 Å². The number of hydrogen-bond donors (Lipinski definition) is 1. The summed E-state index contributed by atoms with van der Waals surface area (Å²) in [5.74, 6) is 0.836. The molecule has 2 rings (SSSR count). The fourth-order valence-electron chi connectivity index (χ4n) is 2.31. The van der Waals surface area contributed by atoms with Gasteiger partial charge in [0.2, 0.25) is 11.8 Å². The Morgan fingerprint density at radius 1 is 1.45 bits per heavy atom. The summed E-state index contributed by atoms with van der Waals surface area (Å²) in [6.45, 7) is 8.15. The Balaban J connectivity index is 2.05. The van der Waals surface area contributed by atoms with E-state index in [9.17, 15) is 9.59 Å². The maximum absolute atomic E-state index is 12.2. The molecule has 0 unspecified atom stereocenters. The Kier molecular flexibility index (Phi) is 3.83. The molecule has 0 bridgehead atoms. The van der Waals surface area contributed by atoms with Crippen molar-refractivity contribution in [2.75, 3.05) is 11.9 Å². The highest BCUT2D eigenvalue weighted by atomic mass is 16.5. The van der Waals surface area contributed by atoms with Crippen molar-refractivity contribution in [3.05, 3.63) is 11.8 Å². The van der Waals surface area contributed by atoms with E-state index in [0.717, 1.165) is 6.42 Å². The van der Waals surface area contributed by atoms with Crippen molar-refractivity contribution in [3.8, 4) is 0 Å². The molecule has 1 atom stereocenters. The molecular weight excluding hydrogens is 258 g/mol. The number of carbonyl (C=O) groups excluding carboxylic acids is 2. The van der Waals surface area contributed by atoms with Crippen molar-refractivity contribution in [1.29, 1.82) is 0 Å². The highest BCUT2D eigenvalue weighted by Crippen LogP contribution is 2.25. The number of nitrogens with zero attached hydrogens (tertiary/aromatic N) is 2. The van der Waals surface area contributed by atoms with Gasteiger partial charge in [-0.15, -0.1) is 0 Å². The summed E-state index contributed by atoms with van der Waals surface area (Å²) in [4.78, 5) is 25.3. The van der Waals surface area contributed by atoms with E-state index < -0.39 is 6.04 Å². The molecule has 0 saturated carbocycles. The monoisotopic (exact) mass is 279 g/mol. The van der Waals surface area contributed by atoms with Gasteiger partial charge in [-0.2, -0.15) is 0 Å². The van der Waals surface area contributed by atoms with Crippen LogP contribution < -0.4 is 5.32 Å². The molecule has 1 N–H and O–H groups in total. The van der Waals surface area contributed by atoms with Crippen molar-refractivity contribution in [2.24, 2.45) is 0 Å². The van der Waals surface area contributed by atoms with E-state index in [-0.39, 0.29) is 17.2 Å². The van der Waals surface area contributed by atoms with Gasteiger partial charge in [-0.3, -0.25) is 9.59 Å². The molecule has 2 amide bonds. The quantitative estimate of drug-likeness (QED) is 0.897. The maximum atomic E-state index is 12.2. The normalized spacial score (nSPS) is 19.2. The van der Waals surface area contributed by atoms with Crippen LogP contribution in [0, 0.1) is 0 Å². The second-order valence-corrected chi connectivity index (χ2v) is 6.19. The second-order valence-electron chi connectivity index (χ2n) is 6.19. The zero-order chi connectivity index (χ0) is 14.9. The molecule has 0 spiro atoms. The van der Waals surface area contributed by atoms with E-state index in [2.05, 4.69) is 10.5 Å². The molecule has 6 nitrogen and oxygen atoms in total. The first-order chi connectivity index (χ1) is 9.29. The minimum absolute atomic E-state index is 0.0711. The molecule has 6 heteroatoms. The van der Waals surface area contributed by atoms with Gasteiger partial charge in [-0.1, -0.05) is 25.9 Å². The predicted molar refractivity (Wildman–Crippen MR) is 74.2 cm³/mol. The number of amides is 2. The molecule has 1 aliphatic rings. The molecule has 110 valence electrons. The molecule has 0 aromatic carbocycles. The summed E-state index contributed by atoms with van der Waals surface area (Å²) >= 11 is 0. The Hall–Kier alpha value is -1.85. The molecule has 2 heterocycles. The number of carbonyl (C=O) groups is 2. The fourth-order valence-corrected chi connectivity index (χ4v) is 2.31. The van der Waals surface area contributed by atoms with Gasteiger partial charge in [0.05, 0.1) is 0 Å². The van der Waals surface area contributed by atoms with Gasteiger partial charge >= 0.3 is 0 Å². The summed E-state index contributed by atoms with van der Waals surface area (Å²) in [5, 5.41) is 6.58. The number of likely N-dealkylation sites (tertiary alicyclic amines) is 1. The van der Waals surface area contributed by atoms with Crippen LogP contribution in [0.25, 0.3) is 0 Å². The van der Waals surface area contributed by atoms with E-state index in [4.69, 9.17) is 4.52 Å². The van der Waals surface area contributed by atoms with Crippen LogP contribution in [-0.2, 0) is 15.0 Å². The molecule has 1 aromatic rings. The Bertz CT molecular complexity index is 516. The summed E-state index contributed by atoms with van der Waals surface area (Å²) in [5.41, 5.74) is -0.158. The van der Waals surface area contributed by atoms with Crippen LogP contribution in [0.3, 0.4) is 0 Å². The third-order valence-electron chi connectivity index (χ3n) is 3.46. The second kappa shape index (κ2) is 5.26. The van der Waals surface area contributed by atoms with Gasteiger partial charge in [-0.05, 0) is 12.8 Å². The smallest absolute Gasteiger partial charge is 0.248 e. The fraction of sp³-hybridized carbons (Fsp3) is 0.643. The summed E-state index contributed by atoms with van der Waals surface area (Å²) in [6.07, 6.45) is 1.54. The largest absolute Gasteiger partial charge is 0.359 e. The maximum Gasteiger partial charge on any atom is 0.248 e. The van der Waals surface area contributed by atoms with Crippen LogP contribution in [0.15, 0.2) is 10.6 Å². The number of hydrogen-bond acceptors (Lipinski definition) is 4. The van der Waals surface area contributed by atoms with Gasteiger partial charge in [0.15, 0.2) is 5.82 Å². The highest BCUT2D eigenvalue weighted by Gasteiger charge is 2.33. The van der Waals surface area contributed by atoms with E-state index >= 15 is 0 Å². The van der Waals surface area contributed by atoms with Crippen LogP contribution >= 0.6 is 0 Å². The minimum atomic E-state index is -0.401. The molecule has 1 aromatic heterocycles. The summed E-state index contributed by atoms with van der Waals surface area (Å²) in [6, 6.07) is 1.33. The molecule has 0 radical (unpaired) electrons. The van der Waals surface area contributed by atoms with E-state index in [1.165, 1.54) is 6.92 Å². The van der Waals surface area contributed by atoms with E-state index in [1.54, 1.807) is 11.0 Å². The van der Waals surface area contributed by atoms with Crippen LogP contribution in [0.1, 0.15) is 46.3 Å². The number of aromatic nitrogens is 1. The minimum Gasteiger partial charge on any atom is -0.359 e. The molecule has 0 aliphatic carbocycles. The number of anilines is 1. The lowest BCUT2D eigenvalue weighted by atomic mass is 9.93. The SMILES string of the molecule is CC(=O)N1CCC[C@H]1C(=O)Nc1cc(C(C)(C)C)on1. The van der Waals surface area contributed by atoms with Crippen LogP contribution in [-0.4, -0.2) is 34.5 Å². The van der Waals surface area contributed by atoms with Crippen molar-refractivity contribution < 1.29 is 14.1 Å². The predicted octanol–water partition coefficient (Wildman–Crippen LogP) is 1.92. The van der Waals surface area contributed by atoms with Gasteiger partial charge in [0, 0.05) is 24.9 Å². The van der Waals surface area contributed by atoms with Gasteiger partial charge in [0.1, 0.15) is 11.8 Å². The Morgan fingerprint density at radius 3 is 2.70 bits per heavy atom. The van der Waals surface area contributed by atoms with Crippen molar-refractivity contribution >= 4 is 17.6 Å². The van der Waals surface area contributed by atoms with Gasteiger partial charge < -0.3 is 14.7 Å². The topological polar surface area (TPSA) is 75.4 Å². The summed E-state index contributed by atoms with van der Waals surface area (Å²) < 4.78 is 5.22. The standard InChI is InChI=1S/C14H21N3O3/c1-9(18)17-7-5-6-10(17)13(19)15-12-8-11(20-16-12)14(2,3)4/h8,10H,5-7H2,1-4H3,(H,15,16,19)/t10-/m0/s1. The Labute approximate surface area is 118 Å². The molecule has 1 saturated heterocycles. The van der Waals surface area contributed by atoms with E-state index in [0.29, 0.717) is 24.5 Å². The molecule has 1 aliphatic heterocycles. The molecular formula is C14H21N3O3. The third kappa shape index (κ3) is 3.00. The van der Waals surface area contributed by atoms with Crippen LogP contribution in [0.2, 0.25) is 0 Å². The number of nitrogens with one attached hydrogen (secondary N) is 1. The lowest BCUT2D eigenvalue weighted by Gasteiger charge is -2.21. The van der Waals surface area contributed by atoms with Gasteiger partial charge in [-0.25, -0.2) is 0 Å². The van der Waals surface area contributed by atoms with Crippen LogP contribution in [0.4, 0.5) is 5.82 Å². The average molecular weight is 279 g/mol. The molecule has 1 fully saturated rings. The van der Waals surface area contributed by atoms with Crippen LogP contribution in [0.5, 0.6) is 0 Å². The van der Waals surface area contributed by atoms with Crippen molar-refractivity contribution in [1.82, 2.24) is 10.1 Å². The zero-order valence-electron chi connectivity index (χ0n) is 12.4. The lowest BCUT2D eigenvalue weighted by Crippen LogP contribution is -2.42. The lowest BCUT2D eigenvalue weighted by molar-refractivity contribution is -0.134. The Morgan fingerprint density at radius 2 is 2.15 bits per heavy atom. The highest BCUT2D eigenvalue weighted by molar-refractivity contribution is 5.96. The van der Waals surface area contributed by atoms with E-state index in [1.807, 2.05) is 20.8 Å². The molecule has 20 heavy (non-hydrogen) atoms. The zero-order valence-corrected chi connectivity index (χ0v) is 12.4. The third-order valence-corrected chi connectivity index (χ3v) is 3.46. The first-order valence-corrected chi connectivity index (χ1v) is 6.84. The first-order valence-electron chi connectivity index (χ1n) is 6.84. The van der Waals surface area contributed by atoms with Crippen molar-refractivity contribution in [2.45, 2.75) is 52.0 Å². The van der Waals surface area contributed by atoms with Gasteiger partial charge in [0.25, 0.3) is 0 Å². The summed E-state index contributed by atoms with van der Waals surface area (Å²) in [7, 11) is 0. The average Bonchev–Trinajstić information content (AvgIpc) is 2.95.